The highest BCUT2D eigenvalue weighted by atomic mass is 16.5. The van der Waals surface area contributed by atoms with E-state index >= 15 is 0 Å². The van der Waals surface area contributed by atoms with Crippen molar-refractivity contribution in [3.05, 3.63) is 30.5 Å². The lowest BCUT2D eigenvalue weighted by atomic mass is 10.2. The zero-order valence-corrected chi connectivity index (χ0v) is 9.69. The number of ether oxygens (including phenoxy) is 1. The van der Waals surface area contributed by atoms with Crippen LogP contribution < -0.4 is 4.74 Å². The molecule has 1 atom stereocenters. The maximum absolute atomic E-state index is 8.41. The molecular formula is C14H20N2O. The molecule has 0 fully saturated rings. The SMILES string of the molecule is [2H]C([2H])([2H])Oc1ccc2c(ccn2C([2H])([2H])[C@@]([2H])(C)N(C)C([2H])([2H])[2H])c1. The van der Waals surface area contributed by atoms with Gasteiger partial charge in [0.15, 0.2) is 0 Å². The molecule has 0 radical (unpaired) electrons. The zero-order valence-electron chi connectivity index (χ0n) is 18.7. The van der Waals surface area contributed by atoms with Crippen LogP contribution in [0, 0.1) is 0 Å². The van der Waals surface area contributed by atoms with Gasteiger partial charge < -0.3 is 14.2 Å². The Morgan fingerprint density at radius 3 is 3.24 bits per heavy atom. The van der Waals surface area contributed by atoms with Crippen LogP contribution in [0.15, 0.2) is 30.5 Å². The second-order valence-corrected chi connectivity index (χ2v) is 3.76. The Hall–Kier alpha value is -1.48. The molecule has 1 aromatic carbocycles. The Morgan fingerprint density at radius 2 is 2.47 bits per heavy atom. The number of methoxy groups -OCH3 is 1. The van der Waals surface area contributed by atoms with Crippen LogP contribution in [0.3, 0.4) is 0 Å². The number of likely N-dealkylation sites (N-methyl/N-ethyl adjacent to an activating group) is 1. The Bertz CT molecular complexity index is 792. The highest BCUT2D eigenvalue weighted by molar-refractivity contribution is 5.81. The van der Waals surface area contributed by atoms with E-state index in [2.05, 4.69) is 0 Å². The first-order valence-corrected chi connectivity index (χ1v) is 5.12. The van der Waals surface area contributed by atoms with Crippen molar-refractivity contribution >= 4 is 10.9 Å². The molecule has 0 aliphatic carbocycles. The lowest BCUT2D eigenvalue weighted by Crippen LogP contribution is -2.28. The molecular weight excluding hydrogens is 212 g/mol. The predicted molar refractivity (Wildman–Crippen MR) is 71.6 cm³/mol. The van der Waals surface area contributed by atoms with Gasteiger partial charge in [0, 0.05) is 35.1 Å². The number of hydrogen-bond acceptors (Lipinski definition) is 2. The Balaban J connectivity index is 2.49. The molecule has 0 unspecified atom stereocenters. The first-order chi connectivity index (χ1) is 11.6. The molecule has 3 nitrogen and oxygen atoms in total. The highest BCUT2D eigenvalue weighted by Crippen LogP contribution is 2.22. The van der Waals surface area contributed by atoms with Crippen LogP contribution in [0.4, 0.5) is 0 Å². The summed E-state index contributed by atoms with van der Waals surface area (Å²) in [6.45, 7) is -3.85. The average Bonchev–Trinajstić information content (AvgIpc) is 2.87. The van der Waals surface area contributed by atoms with E-state index in [1.807, 2.05) is 0 Å². The molecule has 2 aromatic rings. The van der Waals surface area contributed by atoms with Crippen LogP contribution in [-0.2, 0) is 6.50 Å². The molecule has 17 heavy (non-hydrogen) atoms. The van der Waals surface area contributed by atoms with Gasteiger partial charge >= 0.3 is 0 Å². The fourth-order valence-corrected chi connectivity index (χ4v) is 1.53. The van der Waals surface area contributed by atoms with Gasteiger partial charge in [0.2, 0.25) is 0 Å². The lowest BCUT2D eigenvalue weighted by molar-refractivity contribution is 0.286. The number of fused-ring (bicyclic) bond motifs is 1. The highest BCUT2D eigenvalue weighted by Gasteiger charge is 2.08. The van der Waals surface area contributed by atoms with Gasteiger partial charge in [-0.2, -0.15) is 0 Å². The molecule has 0 spiro atoms. The summed E-state index contributed by atoms with van der Waals surface area (Å²) in [5, 5.41) is 0.503. The van der Waals surface area contributed by atoms with E-state index in [-0.39, 0.29) is 5.75 Å². The number of hydrogen-bond donors (Lipinski definition) is 0. The molecule has 0 aliphatic heterocycles. The lowest BCUT2D eigenvalue weighted by Gasteiger charge is -2.20. The minimum atomic E-state index is -2.65. The number of benzene rings is 1. The van der Waals surface area contributed by atoms with Gasteiger partial charge in [0.05, 0.1) is 13.9 Å². The summed E-state index contributed by atoms with van der Waals surface area (Å²) in [5.41, 5.74) is 0.380. The second-order valence-electron chi connectivity index (χ2n) is 3.76. The molecule has 0 aliphatic rings. The third kappa shape index (κ3) is 2.44. The zero-order chi connectivity index (χ0) is 20.1. The molecule has 1 heterocycles. The maximum atomic E-state index is 8.41. The van der Waals surface area contributed by atoms with Crippen molar-refractivity contribution in [2.24, 2.45) is 0 Å². The van der Waals surface area contributed by atoms with Gasteiger partial charge in [-0.25, -0.2) is 0 Å². The van der Waals surface area contributed by atoms with Crippen LogP contribution >= 0.6 is 0 Å². The van der Waals surface area contributed by atoms with Crippen LogP contribution in [0.2, 0.25) is 0 Å². The number of rotatable bonds is 4. The van der Waals surface area contributed by atoms with E-state index in [1.54, 1.807) is 6.07 Å². The molecule has 0 N–H and O–H groups in total. The molecule has 0 bridgehead atoms. The third-order valence-corrected chi connectivity index (χ3v) is 2.56. The van der Waals surface area contributed by atoms with Crippen molar-refractivity contribution < 1.29 is 17.1 Å². The standard InChI is InChI=1S/C14H20N2O/c1-11(15(2)3)10-16-8-7-12-9-13(17-4)5-6-14(12)16/h5-9,11H,10H2,1-4H3/t11-/m1/s1/i2D3,4D3,10D2,11D. The van der Waals surface area contributed by atoms with E-state index in [1.165, 1.54) is 38.4 Å². The van der Waals surface area contributed by atoms with Crippen LogP contribution in [0.1, 0.15) is 19.3 Å². The van der Waals surface area contributed by atoms with Crippen molar-refractivity contribution in [1.82, 2.24) is 9.47 Å². The molecule has 3 heteroatoms. The van der Waals surface area contributed by atoms with Crippen molar-refractivity contribution in [3.8, 4) is 5.75 Å². The van der Waals surface area contributed by atoms with E-state index in [9.17, 15) is 0 Å². The van der Waals surface area contributed by atoms with Crippen molar-refractivity contribution in [1.29, 1.82) is 0 Å². The normalized spacial score (nSPS) is 25.2. The first kappa shape index (κ1) is 5.02. The third-order valence-electron chi connectivity index (χ3n) is 2.56. The smallest absolute Gasteiger partial charge is 0.119 e. The van der Waals surface area contributed by atoms with Gasteiger partial charge in [0.1, 0.15) is 5.75 Å². The van der Waals surface area contributed by atoms with Crippen molar-refractivity contribution in [3.63, 3.8) is 0 Å². The van der Waals surface area contributed by atoms with E-state index in [0.717, 1.165) is 4.57 Å². The summed E-state index contributed by atoms with van der Waals surface area (Å²) in [4.78, 5) is 0.692. The maximum Gasteiger partial charge on any atom is 0.119 e. The minimum absolute atomic E-state index is 0.101. The first-order valence-electron chi connectivity index (χ1n) is 9.62. The Labute approximate surface area is 115 Å². The van der Waals surface area contributed by atoms with E-state index in [4.69, 9.17) is 17.1 Å². The summed E-state index contributed by atoms with van der Waals surface area (Å²) < 4.78 is 75.0. The monoisotopic (exact) mass is 241 g/mol. The summed E-state index contributed by atoms with van der Waals surface area (Å²) in [7, 11) is -1.43. The van der Waals surface area contributed by atoms with Gasteiger partial charge in [-0.05, 0) is 45.2 Å². The Morgan fingerprint density at radius 1 is 1.59 bits per heavy atom. The average molecular weight is 241 g/mol. The van der Waals surface area contributed by atoms with Crippen LogP contribution in [0.5, 0.6) is 5.75 Å². The topological polar surface area (TPSA) is 17.4 Å². The molecule has 92 valence electrons. The summed E-state index contributed by atoms with van der Waals surface area (Å²) >= 11 is 0. The quantitative estimate of drug-likeness (QED) is 0.818. The summed E-state index contributed by atoms with van der Waals surface area (Å²) in [6.07, 6.45) is 1.39. The van der Waals surface area contributed by atoms with Gasteiger partial charge in [-0.3, -0.25) is 0 Å². The summed E-state index contributed by atoms with van der Waals surface area (Å²) in [5.74, 6) is 0.101. The van der Waals surface area contributed by atoms with Gasteiger partial charge in [0.25, 0.3) is 0 Å². The van der Waals surface area contributed by atoms with E-state index in [0.29, 0.717) is 15.8 Å². The Kier molecular flexibility index (Phi) is 1.42. The van der Waals surface area contributed by atoms with Gasteiger partial charge in [-0.1, -0.05) is 0 Å². The summed E-state index contributed by atoms with van der Waals surface area (Å²) in [6, 6.07) is 3.74. The molecule has 0 saturated carbocycles. The molecule has 0 saturated heterocycles. The molecule has 2 rings (SSSR count). The number of aromatic nitrogens is 1. The van der Waals surface area contributed by atoms with Crippen LogP contribution in [0.25, 0.3) is 10.9 Å². The largest absolute Gasteiger partial charge is 0.497 e. The molecule has 0 amide bonds. The van der Waals surface area contributed by atoms with Crippen molar-refractivity contribution in [2.45, 2.75) is 19.4 Å². The second kappa shape index (κ2) is 4.80. The predicted octanol–water partition coefficient (Wildman–Crippen LogP) is 2.60. The van der Waals surface area contributed by atoms with Crippen LogP contribution in [-0.4, -0.2) is 36.5 Å². The van der Waals surface area contributed by atoms with Crippen molar-refractivity contribution in [2.75, 3.05) is 21.1 Å². The fourth-order valence-electron chi connectivity index (χ4n) is 1.53. The number of nitrogens with zero attached hydrogens (tertiary/aromatic N) is 2. The minimum Gasteiger partial charge on any atom is -0.497 e. The van der Waals surface area contributed by atoms with E-state index < -0.39 is 26.5 Å². The molecule has 1 aromatic heterocycles. The fraction of sp³-hybridized carbons (Fsp3) is 0.429. The van der Waals surface area contributed by atoms with Gasteiger partial charge in [-0.15, -0.1) is 0 Å².